The molecular formula is C16H29F2N3O. The van der Waals surface area contributed by atoms with E-state index in [1.807, 2.05) is 0 Å². The van der Waals surface area contributed by atoms with Crippen LogP contribution in [-0.2, 0) is 0 Å². The second-order valence-electron chi connectivity index (χ2n) is 7.27. The quantitative estimate of drug-likeness (QED) is 0.869. The zero-order chi connectivity index (χ0) is 16.2. The average Bonchev–Trinajstić information content (AvgIpc) is 2.66. The maximum Gasteiger partial charge on any atom is 0.317 e. The molecule has 1 N–H and O–H groups in total. The second-order valence-corrected chi connectivity index (χ2v) is 7.27. The van der Waals surface area contributed by atoms with E-state index in [-0.39, 0.29) is 24.0 Å². The molecule has 0 spiro atoms. The highest BCUT2D eigenvalue weighted by molar-refractivity contribution is 5.74. The van der Waals surface area contributed by atoms with Gasteiger partial charge in [0.25, 0.3) is 6.43 Å². The van der Waals surface area contributed by atoms with Crippen molar-refractivity contribution in [1.29, 1.82) is 0 Å². The van der Waals surface area contributed by atoms with Gasteiger partial charge in [0.05, 0.1) is 6.54 Å². The molecule has 6 heteroatoms. The molecule has 1 aliphatic heterocycles. The number of hydrogen-bond acceptors (Lipinski definition) is 2. The number of amides is 2. The average molecular weight is 317 g/mol. The molecule has 0 radical (unpaired) electrons. The predicted molar refractivity (Wildman–Crippen MR) is 83.2 cm³/mol. The Morgan fingerprint density at radius 2 is 1.95 bits per heavy atom. The summed E-state index contributed by atoms with van der Waals surface area (Å²) >= 11 is 0. The van der Waals surface area contributed by atoms with Crippen LogP contribution in [0.3, 0.4) is 0 Å². The molecule has 0 aromatic heterocycles. The Hall–Kier alpha value is -0.910. The smallest absolute Gasteiger partial charge is 0.317 e. The molecule has 128 valence electrons. The number of hydrogen-bond donors (Lipinski definition) is 1. The van der Waals surface area contributed by atoms with Gasteiger partial charge in [-0.05, 0) is 24.7 Å². The third-order valence-electron chi connectivity index (χ3n) is 5.08. The Bertz CT molecular complexity index is 376. The van der Waals surface area contributed by atoms with Gasteiger partial charge in [-0.15, -0.1) is 0 Å². The normalized spacial score (nSPS) is 26.8. The molecule has 0 bridgehead atoms. The van der Waals surface area contributed by atoms with E-state index in [4.69, 9.17) is 0 Å². The first-order valence-electron chi connectivity index (χ1n) is 8.44. The summed E-state index contributed by atoms with van der Waals surface area (Å²) in [5.74, 6) is 0. The summed E-state index contributed by atoms with van der Waals surface area (Å²) in [6.07, 6.45) is 3.02. The Morgan fingerprint density at radius 1 is 1.18 bits per heavy atom. The number of urea groups is 1. The fraction of sp³-hybridized carbons (Fsp3) is 0.938. The van der Waals surface area contributed by atoms with E-state index in [9.17, 15) is 13.6 Å². The number of carbonyl (C=O) groups excluding carboxylic acids is 1. The zero-order valence-corrected chi connectivity index (χ0v) is 13.8. The van der Waals surface area contributed by atoms with Gasteiger partial charge in [-0.3, -0.25) is 4.90 Å². The van der Waals surface area contributed by atoms with Gasteiger partial charge in [-0.25, -0.2) is 13.6 Å². The SMILES string of the molecule is CC1(C)CCCCC1NC(=O)N1CCCN(CC(F)F)CC1. The van der Waals surface area contributed by atoms with Crippen molar-refractivity contribution in [1.82, 2.24) is 15.1 Å². The molecule has 0 aromatic carbocycles. The lowest BCUT2D eigenvalue weighted by molar-refractivity contribution is 0.0901. The van der Waals surface area contributed by atoms with Gasteiger partial charge in [-0.1, -0.05) is 26.7 Å². The molecule has 2 fully saturated rings. The minimum Gasteiger partial charge on any atom is -0.335 e. The summed E-state index contributed by atoms with van der Waals surface area (Å²) in [6.45, 7) is 6.60. The largest absolute Gasteiger partial charge is 0.335 e. The van der Waals surface area contributed by atoms with E-state index >= 15 is 0 Å². The van der Waals surface area contributed by atoms with Crippen molar-refractivity contribution >= 4 is 6.03 Å². The van der Waals surface area contributed by atoms with Crippen LogP contribution in [0.1, 0.15) is 46.0 Å². The third kappa shape index (κ3) is 4.80. The molecule has 1 saturated carbocycles. The van der Waals surface area contributed by atoms with Crippen molar-refractivity contribution in [2.45, 2.75) is 58.4 Å². The summed E-state index contributed by atoms with van der Waals surface area (Å²) in [6, 6.07) is 0.188. The van der Waals surface area contributed by atoms with Crippen LogP contribution in [0.2, 0.25) is 0 Å². The number of rotatable bonds is 3. The Labute approximate surface area is 132 Å². The van der Waals surface area contributed by atoms with Crippen molar-refractivity contribution in [3.05, 3.63) is 0 Å². The van der Waals surface area contributed by atoms with Crippen LogP contribution in [0, 0.1) is 5.41 Å². The van der Waals surface area contributed by atoms with E-state index in [0.717, 1.165) is 25.7 Å². The molecule has 1 atom stereocenters. The van der Waals surface area contributed by atoms with Gasteiger partial charge < -0.3 is 10.2 Å². The minimum absolute atomic E-state index is 0.0288. The van der Waals surface area contributed by atoms with Gasteiger partial charge in [0.2, 0.25) is 0 Å². The molecule has 1 unspecified atom stereocenters. The van der Waals surface area contributed by atoms with Crippen LogP contribution >= 0.6 is 0 Å². The molecule has 2 amide bonds. The fourth-order valence-electron chi connectivity index (χ4n) is 3.55. The third-order valence-corrected chi connectivity index (χ3v) is 5.08. The van der Waals surface area contributed by atoms with Crippen molar-refractivity contribution in [2.24, 2.45) is 5.41 Å². The van der Waals surface area contributed by atoms with Gasteiger partial charge in [0.1, 0.15) is 0 Å². The molecule has 2 aliphatic rings. The summed E-state index contributed by atoms with van der Waals surface area (Å²) in [7, 11) is 0. The van der Waals surface area contributed by atoms with Gasteiger partial charge in [0, 0.05) is 32.2 Å². The first-order valence-corrected chi connectivity index (χ1v) is 8.44. The molecule has 0 aromatic rings. The van der Waals surface area contributed by atoms with Crippen molar-refractivity contribution in [3.8, 4) is 0 Å². The van der Waals surface area contributed by atoms with E-state index < -0.39 is 6.43 Å². The zero-order valence-electron chi connectivity index (χ0n) is 13.8. The number of nitrogens with one attached hydrogen (secondary N) is 1. The molecule has 2 rings (SSSR count). The van der Waals surface area contributed by atoms with Crippen LogP contribution < -0.4 is 5.32 Å². The highest BCUT2D eigenvalue weighted by Crippen LogP contribution is 2.35. The summed E-state index contributed by atoms with van der Waals surface area (Å²) in [5, 5.41) is 3.18. The van der Waals surface area contributed by atoms with Crippen LogP contribution in [0.5, 0.6) is 0 Å². The van der Waals surface area contributed by atoms with Gasteiger partial charge in [0.15, 0.2) is 0 Å². The maximum absolute atomic E-state index is 12.5. The topological polar surface area (TPSA) is 35.6 Å². The summed E-state index contributed by atoms with van der Waals surface area (Å²) < 4.78 is 24.9. The van der Waals surface area contributed by atoms with E-state index in [2.05, 4.69) is 19.2 Å². The molecule has 1 aliphatic carbocycles. The summed E-state index contributed by atoms with van der Waals surface area (Å²) in [4.78, 5) is 16.0. The lowest BCUT2D eigenvalue weighted by Crippen LogP contribution is -2.52. The van der Waals surface area contributed by atoms with Gasteiger partial charge >= 0.3 is 6.03 Å². The lowest BCUT2D eigenvalue weighted by Gasteiger charge is -2.40. The standard InChI is InChI=1S/C16H29F2N3O/c1-16(2)7-4-3-6-13(16)19-15(22)21-9-5-8-20(10-11-21)12-14(17)18/h13-14H,3-12H2,1-2H3,(H,19,22). The van der Waals surface area contributed by atoms with Crippen LogP contribution in [-0.4, -0.2) is 61.0 Å². The van der Waals surface area contributed by atoms with Crippen molar-refractivity contribution in [3.63, 3.8) is 0 Å². The molecule has 22 heavy (non-hydrogen) atoms. The Morgan fingerprint density at radius 3 is 2.64 bits per heavy atom. The Kier molecular flexibility index (Phi) is 6.01. The van der Waals surface area contributed by atoms with E-state index in [0.29, 0.717) is 26.2 Å². The molecular weight excluding hydrogens is 288 g/mol. The maximum atomic E-state index is 12.5. The highest BCUT2D eigenvalue weighted by Gasteiger charge is 2.34. The number of nitrogens with zero attached hydrogens (tertiary/aromatic N) is 2. The number of halogens is 2. The number of alkyl halides is 2. The van der Waals surface area contributed by atoms with Gasteiger partial charge in [-0.2, -0.15) is 0 Å². The first-order chi connectivity index (χ1) is 10.4. The fourth-order valence-corrected chi connectivity index (χ4v) is 3.55. The van der Waals surface area contributed by atoms with E-state index in [1.165, 1.54) is 6.42 Å². The Balaban J connectivity index is 1.84. The second kappa shape index (κ2) is 7.57. The molecule has 1 heterocycles. The molecule has 4 nitrogen and oxygen atoms in total. The summed E-state index contributed by atoms with van der Waals surface area (Å²) in [5.41, 5.74) is 0.140. The monoisotopic (exact) mass is 317 g/mol. The van der Waals surface area contributed by atoms with Crippen LogP contribution in [0.25, 0.3) is 0 Å². The van der Waals surface area contributed by atoms with Crippen molar-refractivity contribution < 1.29 is 13.6 Å². The number of carbonyl (C=O) groups is 1. The minimum atomic E-state index is -2.30. The van der Waals surface area contributed by atoms with Crippen LogP contribution in [0.15, 0.2) is 0 Å². The van der Waals surface area contributed by atoms with Crippen LogP contribution in [0.4, 0.5) is 13.6 Å². The molecule has 1 saturated heterocycles. The first kappa shape index (κ1) is 17.4. The van der Waals surface area contributed by atoms with Crippen molar-refractivity contribution in [2.75, 3.05) is 32.7 Å². The predicted octanol–water partition coefficient (Wildman–Crippen LogP) is 2.94. The lowest BCUT2D eigenvalue weighted by atomic mass is 9.73. The van der Waals surface area contributed by atoms with E-state index in [1.54, 1.807) is 9.80 Å². The highest BCUT2D eigenvalue weighted by atomic mass is 19.3.